The van der Waals surface area contributed by atoms with Gasteiger partial charge in [-0.1, -0.05) is 41.1 Å². The summed E-state index contributed by atoms with van der Waals surface area (Å²) in [6, 6.07) is 17.7. The van der Waals surface area contributed by atoms with Crippen LogP contribution in [0.4, 0.5) is 0 Å². The van der Waals surface area contributed by atoms with Crippen molar-refractivity contribution in [1.29, 1.82) is 0 Å². The number of nitrogens with zero attached hydrogens (tertiary/aromatic N) is 3. The van der Waals surface area contributed by atoms with E-state index in [-0.39, 0.29) is 16.7 Å². The van der Waals surface area contributed by atoms with E-state index >= 15 is 0 Å². The van der Waals surface area contributed by atoms with E-state index in [0.717, 1.165) is 41.3 Å². The van der Waals surface area contributed by atoms with Crippen molar-refractivity contribution in [2.45, 2.75) is 30.7 Å². The summed E-state index contributed by atoms with van der Waals surface area (Å²) in [6.07, 6.45) is 2.14. The molecule has 1 fully saturated rings. The summed E-state index contributed by atoms with van der Waals surface area (Å²) in [5.41, 5.74) is 1.82. The number of fused-ring (bicyclic) bond motifs is 1. The first-order valence-electron chi connectivity index (χ1n) is 10.5. The normalized spacial score (nSPS) is 17.1. The number of rotatable bonds is 5. The molecule has 7 nitrogen and oxygen atoms in total. The Morgan fingerprint density at radius 1 is 1.03 bits per heavy atom. The molecule has 1 atom stereocenters. The molecule has 1 aliphatic heterocycles. The number of hydrogen-bond donors (Lipinski definition) is 0. The third-order valence-corrected chi connectivity index (χ3v) is 7.09. The van der Waals surface area contributed by atoms with Crippen LogP contribution in [-0.4, -0.2) is 37.1 Å². The Morgan fingerprint density at radius 3 is 2.53 bits per heavy atom. The van der Waals surface area contributed by atoms with Crippen LogP contribution in [0.5, 0.6) is 5.75 Å². The molecular formula is C24H23N3O4S. The molecular weight excluding hydrogens is 426 g/mol. The van der Waals surface area contributed by atoms with Crippen LogP contribution in [0, 0.1) is 6.92 Å². The first-order chi connectivity index (χ1) is 15.4. The second-order valence-corrected chi connectivity index (χ2v) is 9.72. The molecule has 0 amide bonds. The van der Waals surface area contributed by atoms with Crippen LogP contribution < -0.4 is 4.18 Å². The lowest BCUT2D eigenvalue weighted by atomic mass is 10.1. The Hall–Kier alpha value is -3.23. The molecule has 164 valence electrons. The monoisotopic (exact) mass is 449 g/mol. The maximum atomic E-state index is 12.6. The molecule has 0 N–H and O–H groups in total. The number of benzene rings is 3. The van der Waals surface area contributed by atoms with Gasteiger partial charge < -0.3 is 8.71 Å². The molecule has 0 unspecified atom stereocenters. The fraction of sp³-hybridized carbons (Fsp3) is 0.250. The van der Waals surface area contributed by atoms with E-state index in [9.17, 15) is 8.42 Å². The molecule has 1 saturated heterocycles. The van der Waals surface area contributed by atoms with Crippen LogP contribution in [-0.2, 0) is 10.1 Å². The predicted molar refractivity (Wildman–Crippen MR) is 121 cm³/mol. The highest BCUT2D eigenvalue weighted by Gasteiger charge is 2.28. The zero-order valence-electron chi connectivity index (χ0n) is 17.9. The van der Waals surface area contributed by atoms with Crippen molar-refractivity contribution >= 4 is 20.9 Å². The summed E-state index contributed by atoms with van der Waals surface area (Å²) in [6.45, 7) is 2.93. The van der Waals surface area contributed by atoms with E-state index in [0.29, 0.717) is 11.7 Å². The lowest BCUT2D eigenvalue weighted by molar-refractivity contribution is 0.245. The second-order valence-electron chi connectivity index (χ2n) is 8.17. The van der Waals surface area contributed by atoms with Gasteiger partial charge in [-0.15, -0.1) is 0 Å². The fourth-order valence-electron chi connectivity index (χ4n) is 4.00. The summed E-state index contributed by atoms with van der Waals surface area (Å²) in [5.74, 6) is 1.45. The molecule has 8 heteroatoms. The highest BCUT2D eigenvalue weighted by atomic mass is 32.2. The molecule has 0 bridgehead atoms. The maximum Gasteiger partial charge on any atom is 0.339 e. The number of likely N-dealkylation sites (tertiary alicyclic amines) is 1. The minimum Gasteiger partial charge on any atom is -0.379 e. The van der Waals surface area contributed by atoms with Crippen LogP contribution in [0.2, 0.25) is 0 Å². The molecule has 0 spiro atoms. The van der Waals surface area contributed by atoms with Crippen molar-refractivity contribution in [2.24, 2.45) is 0 Å². The summed E-state index contributed by atoms with van der Waals surface area (Å²) in [5, 5.41) is 5.94. The molecule has 32 heavy (non-hydrogen) atoms. The topological polar surface area (TPSA) is 85.5 Å². The van der Waals surface area contributed by atoms with Crippen molar-refractivity contribution in [1.82, 2.24) is 15.0 Å². The van der Waals surface area contributed by atoms with Gasteiger partial charge in [0.05, 0.1) is 6.04 Å². The summed E-state index contributed by atoms with van der Waals surface area (Å²) < 4.78 is 36.0. The average Bonchev–Trinajstić information content (AvgIpc) is 3.42. The van der Waals surface area contributed by atoms with Gasteiger partial charge in [-0.05, 0) is 74.5 Å². The van der Waals surface area contributed by atoms with Gasteiger partial charge in [-0.3, -0.25) is 4.90 Å². The minimum atomic E-state index is -3.90. The Bertz CT molecular complexity index is 1380. The molecule has 1 aromatic heterocycles. The van der Waals surface area contributed by atoms with E-state index in [2.05, 4.69) is 22.1 Å². The third-order valence-electron chi connectivity index (χ3n) is 5.83. The molecule has 5 rings (SSSR count). The van der Waals surface area contributed by atoms with Crippen molar-refractivity contribution in [3.05, 3.63) is 72.1 Å². The zero-order valence-corrected chi connectivity index (χ0v) is 18.7. The summed E-state index contributed by atoms with van der Waals surface area (Å²) >= 11 is 0. The van der Waals surface area contributed by atoms with Crippen LogP contribution in [0.25, 0.3) is 22.2 Å². The highest BCUT2D eigenvalue weighted by Crippen LogP contribution is 2.32. The van der Waals surface area contributed by atoms with Gasteiger partial charge in [0, 0.05) is 5.56 Å². The fourth-order valence-corrected chi connectivity index (χ4v) is 4.93. The first kappa shape index (κ1) is 20.7. The summed E-state index contributed by atoms with van der Waals surface area (Å²) in [7, 11) is -1.83. The smallest absolute Gasteiger partial charge is 0.339 e. The minimum absolute atomic E-state index is 0.124. The van der Waals surface area contributed by atoms with Gasteiger partial charge in [0.25, 0.3) is 0 Å². The summed E-state index contributed by atoms with van der Waals surface area (Å²) in [4.78, 5) is 6.95. The van der Waals surface area contributed by atoms with Gasteiger partial charge in [-0.25, -0.2) is 0 Å². The third kappa shape index (κ3) is 3.99. The van der Waals surface area contributed by atoms with E-state index < -0.39 is 10.1 Å². The second kappa shape index (κ2) is 8.03. The zero-order chi connectivity index (χ0) is 22.3. The largest absolute Gasteiger partial charge is 0.379 e. The van der Waals surface area contributed by atoms with Gasteiger partial charge in [0.2, 0.25) is 11.7 Å². The molecule has 2 heterocycles. The van der Waals surface area contributed by atoms with E-state index in [1.165, 1.54) is 0 Å². The predicted octanol–water partition coefficient (Wildman–Crippen LogP) is 4.73. The molecule has 4 aromatic rings. The number of hydrogen-bond acceptors (Lipinski definition) is 7. The highest BCUT2D eigenvalue weighted by molar-refractivity contribution is 7.87. The Balaban J connectivity index is 1.39. The van der Waals surface area contributed by atoms with Crippen LogP contribution in [0.1, 0.15) is 30.3 Å². The Kier molecular flexibility index (Phi) is 5.19. The molecule has 0 saturated carbocycles. The average molecular weight is 450 g/mol. The van der Waals surface area contributed by atoms with Crippen molar-refractivity contribution in [2.75, 3.05) is 13.6 Å². The molecule has 0 aliphatic carbocycles. The van der Waals surface area contributed by atoms with Crippen LogP contribution in [0.3, 0.4) is 0 Å². The standard InChI is InChI=1S/C24H23N3O4S/c1-16-5-11-21(12-6-16)32(28,29)31-20-10-9-17-14-19(8-7-18(17)15-20)23-25-24(30-26-23)22-4-3-13-27(22)2/h5-12,14-15,22H,3-4,13H2,1-2H3/t22-/m0/s1. The van der Waals surface area contributed by atoms with E-state index in [1.54, 1.807) is 36.4 Å². The van der Waals surface area contributed by atoms with Gasteiger partial charge in [0.15, 0.2) is 0 Å². The lowest BCUT2D eigenvalue weighted by Crippen LogP contribution is -2.17. The number of aryl methyl sites for hydroxylation is 1. The van der Waals surface area contributed by atoms with Gasteiger partial charge in [-0.2, -0.15) is 13.4 Å². The molecule has 0 radical (unpaired) electrons. The molecule has 3 aromatic carbocycles. The van der Waals surface area contributed by atoms with E-state index in [4.69, 9.17) is 8.71 Å². The van der Waals surface area contributed by atoms with Crippen LogP contribution in [0.15, 0.2) is 70.1 Å². The van der Waals surface area contributed by atoms with Gasteiger partial charge >= 0.3 is 10.1 Å². The first-order valence-corrected chi connectivity index (χ1v) is 11.9. The van der Waals surface area contributed by atoms with Crippen LogP contribution >= 0.6 is 0 Å². The van der Waals surface area contributed by atoms with Gasteiger partial charge in [0.1, 0.15) is 10.6 Å². The molecule has 1 aliphatic rings. The Morgan fingerprint density at radius 2 is 1.78 bits per heavy atom. The van der Waals surface area contributed by atoms with Crippen molar-refractivity contribution in [3.63, 3.8) is 0 Å². The van der Waals surface area contributed by atoms with Crippen molar-refractivity contribution < 1.29 is 17.1 Å². The Labute approximate surface area is 186 Å². The van der Waals surface area contributed by atoms with Crippen molar-refractivity contribution in [3.8, 4) is 17.1 Å². The lowest BCUT2D eigenvalue weighted by Gasteiger charge is -2.14. The van der Waals surface area contributed by atoms with E-state index in [1.807, 2.05) is 31.2 Å². The quantitative estimate of drug-likeness (QED) is 0.407. The maximum absolute atomic E-state index is 12.6. The SMILES string of the molecule is Cc1ccc(S(=O)(=O)Oc2ccc3cc(-c4noc([C@@H]5CCCN5C)n4)ccc3c2)cc1. The number of aromatic nitrogens is 2.